The van der Waals surface area contributed by atoms with E-state index in [-0.39, 0.29) is 11.5 Å². The van der Waals surface area contributed by atoms with Gasteiger partial charge in [0, 0.05) is 14.1 Å². The predicted octanol–water partition coefficient (Wildman–Crippen LogP) is 3.24. The fourth-order valence-corrected chi connectivity index (χ4v) is 1.70. The molecule has 2 rings (SSSR count). The van der Waals surface area contributed by atoms with Crippen molar-refractivity contribution in [2.45, 2.75) is 27.7 Å². The first kappa shape index (κ1) is 19.5. The molecular formula is C16H24N4O2. The number of hydrogen-bond acceptors (Lipinski definition) is 3. The molecule has 1 aromatic carbocycles. The van der Waals surface area contributed by atoms with Crippen LogP contribution in [0.4, 0.5) is 10.7 Å². The smallest absolute Gasteiger partial charge is 0.281 e. The molecule has 22 heavy (non-hydrogen) atoms. The number of aromatic nitrogens is 2. The summed E-state index contributed by atoms with van der Waals surface area (Å²) in [6, 6.07) is 6.41. The number of para-hydroxylation sites is 1. The molecule has 0 aliphatic carbocycles. The molecule has 0 spiro atoms. The average Bonchev–Trinajstić information content (AvgIpc) is 2.60. The second-order valence-electron chi connectivity index (χ2n) is 3.79. The Morgan fingerprint density at radius 3 is 2.32 bits per heavy atom. The highest BCUT2D eigenvalue weighted by Gasteiger charge is 2.15. The van der Waals surface area contributed by atoms with Crippen LogP contribution in [0.2, 0.25) is 0 Å². The predicted molar refractivity (Wildman–Crippen MR) is 93.0 cm³/mol. The number of rotatable bonds is 1. The van der Waals surface area contributed by atoms with Crippen LogP contribution in [0.15, 0.2) is 34.1 Å². The van der Waals surface area contributed by atoms with Crippen LogP contribution in [-0.4, -0.2) is 29.3 Å². The van der Waals surface area contributed by atoms with Crippen molar-refractivity contribution in [2.24, 2.45) is 12.0 Å². The summed E-state index contributed by atoms with van der Waals surface area (Å²) in [7, 11) is 3.05. The molecule has 0 radical (unpaired) electrons. The first-order valence-electron chi connectivity index (χ1n) is 7.26. The number of nitrogens with zero attached hydrogens (tertiary/aromatic N) is 4. The molecule has 0 bridgehead atoms. The van der Waals surface area contributed by atoms with Crippen LogP contribution in [0, 0.1) is 0 Å². The van der Waals surface area contributed by atoms with E-state index in [9.17, 15) is 9.59 Å². The molecule has 0 aliphatic rings. The number of hydrogen-bond donors (Lipinski definition) is 0. The standard InChI is InChI=1S/C12H12N4O2.2C2H6/c1-13-12(18)16(3)11-14-9-7-5-4-6-8(9)10(17)15(11)2;2*1-2/h4-7H,1H2,2-3H3;2*1-2H3. The number of amides is 2. The highest BCUT2D eigenvalue weighted by atomic mass is 16.2. The average molecular weight is 304 g/mol. The van der Waals surface area contributed by atoms with Crippen LogP contribution < -0.4 is 10.5 Å². The first-order chi connectivity index (χ1) is 10.6. The molecule has 1 heterocycles. The molecule has 2 aromatic rings. The van der Waals surface area contributed by atoms with E-state index in [1.807, 2.05) is 27.7 Å². The maximum Gasteiger partial charge on any atom is 0.349 e. The molecule has 6 nitrogen and oxygen atoms in total. The summed E-state index contributed by atoms with van der Waals surface area (Å²) in [6.07, 6.45) is 0. The topological polar surface area (TPSA) is 67.6 Å². The van der Waals surface area contributed by atoms with E-state index < -0.39 is 6.03 Å². The maximum atomic E-state index is 12.1. The van der Waals surface area contributed by atoms with E-state index in [4.69, 9.17) is 0 Å². The van der Waals surface area contributed by atoms with Gasteiger partial charge in [-0.25, -0.2) is 14.8 Å². The highest BCUT2D eigenvalue weighted by molar-refractivity contribution is 5.93. The van der Waals surface area contributed by atoms with E-state index in [0.717, 1.165) is 0 Å². The SMILES string of the molecule is C=NC(=O)N(C)c1nc2ccccc2c(=O)n1C.CC.CC. The van der Waals surface area contributed by atoms with Crippen molar-refractivity contribution >= 4 is 29.6 Å². The summed E-state index contributed by atoms with van der Waals surface area (Å²) in [4.78, 5) is 32.3. The van der Waals surface area contributed by atoms with Crippen molar-refractivity contribution < 1.29 is 4.79 Å². The minimum absolute atomic E-state index is 0.209. The second-order valence-corrected chi connectivity index (χ2v) is 3.79. The van der Waals surface area contributed by atoms with Gasteiger partial charge in [-0.15, -0.1) is 0 Å². The van der Waals surface area contributed by atoms with Crippen molar-refractivity contribution in [3.05, 3.63) is 34.6 Å². The number of benzene rings is 1. The Morgan fingerprint density at radius 2 is 1.77 bits per heavy atom. The Kier molecular flexibility index (Phi) is 8.37. The van der Waals surface area contributed by atoms with Crippen LogP contribution in [0.1, 0.15) is 27.7 Å². The largest absolute Gasteiger partial charge is 0.349 e. The second kappa shape index (κ2) is 9.44. The van der Waals surface area contributed by atoms with Crippen molar-refractivity contribution in [1.29, 1.82) is 0 Å². The Balaban J connectivity index is 0.00000102. The fourth-order valence-electron chi connectivity index (χ4n) is 1.70. The van der Waals surface area contributed by atoms with Crippen LogP contribution in [0.3, 0.4) is 0 Å². The van der Waals surface area contributed by atoms with E-state index in [1.54, 1.807) is 31.3 Å². The highest BCUT2D eigenvalue weighted by Crippen LogP contribution is 2.13. The number of carbonyl (C=O) groups excluding carboxylic acids is 1. The molecule has 120 valence electrons. The summed E-state index contributed by atoms with van der Waals surface area (Å²) in [5.41, 5.74) is 0.332. The van der Waals surface area contributed by atoms with Crippen molar-refractivity contribution in [3.63, 3.8) is 0 Å². The van der Waals surface area contributed by atoms with Crippen LogP contribution in [0.25, 0.3) is 10.9 Å². The van der Waals surface area contributed by atoms with Crippen molar-refractivity contribution in [1.82, 2.24) is 9.55 Å². The van der Waals surface area contributed by atoms with E-state index in [1.165, 1.54) is 16.5 Å². The van der Waals surface area contributed by atoms with Crippen LogP contribution >= 0.6 is 0 Å². The van der Waals surface area contributed by atoms with Gasteiger partial charge in [-0.3, -0.25) is 14.3 Å². The number of carbonyl (C=O) groups is 1. The Hall–Kier alpha value is -2.50. The normalized spacial score (nSPS) is 9.00. The molecule has 0 saturated carbocycles. The van der Waals surface area contributed by atoms with Gasteiger partial charge in [0.25, 0.3) is 5.56 Å². The van der Waals surface area contributed by atoms with Gasteiger partial charge < -0.3 is 0 Å². The lowest BCUT2D eigenvalue weighted by Gasteiger charge is -2.16. The molecular weight excluding hydrogens is 280 g/mol. The lowest BCUT2D eigenvalue weighted by Crippen LogP contribution is -2.31. The lowest BCUT2D eigenvalue weighted by molar-refractivity contribution is 0.255. The summed E-state index contributed by atoms with van der Waals surface area (Å²) < 4.78 is 1.31. The molecule has 0 fully saturated rings. The Morgan fingerprint density at radius 1 is 1.23 bits per heavy atom. The maximum absolute atomic E-state index is 12.1. The molecule has 6 heteroatoms. The van der Waals surface area contributed by atoms with E-state index in [2.05, 4.69) is 16.7 Å². The first-order valence-corrected chi connectivity index (χ1v) is 7.26. The molecule has 0 aliphatic heterocycles. The number of fused-ring (bicyclic) bond motifs is 1. The summed E-state index contributed by atoms with van der Waals surface area (Å²) in [6.45, 7) is 11.2. The third-order valence-electron chi connectivity index (χ3n) is 2.68. The molecule has 0 atom stereocenters. The zero-order valence-electron chi connectivity index (χ0n) is 14.1. The van der Waals surface area contributed by atoms with Gasteiger partial charge in [0.1, 0.15) is 0 Å². The molecule has 0 unspecified atom stereocenters. The molecule has 2 amide bonds. The third-order valence-corrected chi connectivity index (χ3v) is 2.68. The number of urea groups is 1. The molecule has 0 saturated heterocycles. The zero-order valence-corrected chi connectivity index (χ0v) is 14.1. The van der Waals surface area contributed by atoms with Crippen LogP contribution in [0.5, 0.6) is 0 Å². The summed E-state index contributed by atoms with van der Waals surface area (Å²) in [5.74, 6) is 0.233. The van der Waals surface area contributed by atoms with Gasteiger partial charge >= 0.3 is 6.03 Å². The van der Waals surface area contributed by atoms with Crippen molar-refractivity contribution in [3.8, 4) is 0 Å². The summed E-state index contributed by atoms with van der Waals surface area (Å²) in [5, 5.41) is 0.510. The zero-order chi connectivity index (χ0) is 17.3. The Bertz CT molecular complexity index is 692. The summed E-state index contributed by atoms with van der Waals surface area (Å²) >= 11 is 0. The monoisotopic (exact) mass is 304 g/mol. The van der Waals surface area contributed by atoms with Gasteiger partial charge in [-0.05, 0) is 18.9 Å². The van der Waals surface area contributed by atoms with Crippen molar-refractivity contribution in [2.75, 3.05) is 11.9 Å². The van der Waals surface area contributed by atoms with Gasteiger partial charge in [0.15, 0.2) is 0 Å². The fraction of sp³-hybridized carbons (Fsp3) is 0.375. The van der Waals surface area contributed by atoms with E-state index >= 15 is 0 Å². The van der Waals surface area contributed by atoms with Gasteiger partial charge in [0.2, 0.25) is 5.95 Å². The molecule has 0 N–H and O–H groups in total. The quantitative estimate of drug-likeness (QED) is 0.759. The third kappa shape index (κ3) is 4.00. The van der Waals surface area contributed by atoms with E-state index in [0.29, 0.717) is 10.9 Å². The number of anilines is 1. The minimum atomic E-state index is -0.562. The van der Waals surface area contributed by atoms with Gasteiger partial charge in [0.05, 0.1) is 10.9 Å². The van der Waals surface area contributed by atoms with Crippen LogP contribution in [-0.2, 0) is 7.05 Å². The molecule has 1 aromatic heterocycles. The Labute approximate surface area is 131 Å². The van der Waals surface area contributed by atoms with Gasteiger partial charge in [-0.2, -0.15) is 0 Å². The lowest BCUT2D eigenvalue weighted by atomic mass is 10.2. The minimum Gasteiger partial charge on any atom is -0.281 e. The number of aliphatic imine (C=N–C) groups is 1. The van der Waals surface area contributed by atoms with Gasteiger partial charge in [-0.1, -0.05) is 39.8 Å².